The van der Waals surface area contributed by atoms with Crippen LogP contribution in [-0.2, 0) is 0 Å². The van der Waals surface area contributed by atoms with Gasteiger partial charge in [0.15, 0.2) is 0 Å². The Kier molecular flexibility index (Phi) is 2.22. The van der Waals surface area contributed by atoms with Crippen LogP contribution >= 0.6 is 11.3 Å². The Morgan fingerprint density at radius 1 is 0.875 bits per heavy atom. The van der Waals surface area contributed by atoms with Crippen LogP contribution in [0.4, 0.5) is 4.39 Å². The molecule has 0 aliphatic carbocycles. The summed E-state index contributed by atoms with van der Waals surface area (Å²) in [4.78, 5) is 1.11. The van der Waals surface area contributed by atoms with Crippen molar-refractivity contribution in [1.82, 2.24) is 0 Å². The zero-order valence-electron chi connectivity index (χ0n) is 8.48. The van der Waals surface area contributed by atoms with Crippen molar-refractivity contribution in [3.63, 3.8) is 0 Å². The molecule has 1 heterocycles. The summed E-state index contributed by atoms with van der Waals surface area (Å²) in [5.41, 5.74) is 0.946. The van der Waals surface area contributed by atoms with Crippen molar-refractivity contribution < 1.29 is 4.39 Å². The average molecular weight is 228 g/mol. The number of benzene rings is 2. The molecule has 0 unspecified atom stereocenters. The third-order valence-corrected chi connectivity index (χ3v) is 3.70. The van der Waals surface area contributed by atoms with E-state index in [1.54, 1.807) is 23.5 Å². The van der Waals surface area contributed by atoms with Crippen molar-refractivity contribution in [2.45, 2.75) is 0 Å². The molecule has 1 aromatic heterocycles. The van der Waals surface area contributed by atoms with E-state index in [0.29, 0.717) is 0 Å². The van der Waals surface area contributed by atoms with Gasteiger partial charge in [0, 0.05) is 9.58 Å². The van der Waals surface area contributed by atoms with Crippen molar-refractivity contribution >= 4 is 21.4 Å². The zero-order chi connectivity index (χ0) is 11.0. The van der Waals surface area contributed by atoms with Gasteiger partial charge in [-0.05, 0) is 35.2 Å². The van der Waals surface area contributed by atoms with Crippen LogP contribution in [0.3, 0.4) is 0 Å². The largest absolute Gasteiger partial charge is 0.207 e. The maximum Gasteiger partial charge on any atom is 0.123 e. The molecule has 0 bridgehead atoms. The molecule has 0 N–H and O–H groups in total. The summed E-state index contributed by atoms with van der Waals surface area (Å²) in [7, 11) is 0. The fourth-order valence-electron chi connectivity index (χ4n) is 1.77. The predicted molar refractivity (Wildman–Crippen MR) is 67.2 cm³/mol. The van der Waals surface area contributed by atoms with E-state index < -0.39 is 0 Å². The Morgan fingerprint density at radius 3 is 2.56 bits per heavy atom. The monoisotopic (exact) mass is 228 g/mol. The van der Waals surface area contributed by atoms with Gasteiger partial charge in [0.1, 0.15) is 5.82 Å². The molecule has 0 spiro atoms. The normalized spacial score (nSPS) is 10.8. The Bertz CT molecular complexity index is 607. The molecular formula is C14H9FS. The first-order valence-corrected chi connectivity index (χ1v) is 5.89. The van der Waals surface area contributed by atoms with Crippen molar-refractivity contribution in [2.75, 3.05) is 0 Å². The molecule has 0 fully saturated rings. The average Bonchev–Trinajstić information content (AvgIpc) is 2.72. The Balaban J connectivity index is 2.19. The molecule has 0 nitrogen and oxygen atoms in total. The molecule has 3 rings (SSSR count). The van der Waals surface area contributed by atoms with E-state index in [1.807, 2.05) is 18.2 Å². The smallest absolute Gasteiger partial charge is 0.123 e. The third kappa shape index (κ3) is 1.61. The third-order valence-electron chi connectivity index (χ3n) is 2.53. The molecule has 0 aliphatic heterocycles. The van der Waals surface area contributed by atoms with Gasteiger partial charge in [-0.3, -0.25) is 0 Å². The van der Waals surface area contributed by atoms with Crippen LogP contribution in [0.25, 0.3) is 20.5 Å². The summed E-state index contributed by atoms with van der Waals surface area (Å²) in [6.07, 6.45) is 0. The summed E-state index contributed by atoms with van der Waals surface area (Å²) in [5.74, 6) is -0.185. The van der Waals surface area contributed by atoms with Crippen LogP contribution in [0, 0.1) is 5.82 Å². The van der Waals surface area contributed by atoms with Gasteiger partial charge < -0.3 is 0 Å². The standard InChI is InChI=1S/C14H9FS/c15-12-6-3-5-10(8-12)14-9-11-4-1-2-7-13(11)16-14/h1-9H. The van der Waals surface area contributed by atoms with E-state index in [2.05, 4.69) is 18.2 Å². The van der Waals surface area contributed by atoms with E-state index >= 15 is 0 Å². The van der Waals surface area contributed by atoms with E-state index in [-0.39, 0.29) is 5.82 Å². The highest BCUT2D eigenvalue weighted by Gasteiger charge is 2.04. The highest BCUT2D eigenvalue weighted by atomic mass is 32.1. The van der Waals surface area contributed by atoms with E-state index in [9.17, 15) is 4.39 Å². The van der Waals surface area contributed by atoms with Crippen molar-refractivity contribution in [2.24, 2.45) is 0 Å². The van der Waals surface area contributed by atoms with Crippen LogP contribution in [0.15, 0.2) is 54.6 Å². The lowest BCUT2D eigenvalue weighted by molar-refractivity contribution is 0.628. The Labute approximate surface area is 97.0 Å². The number of hydrogen-bond donors (Lipinski definition) is 0. The molecule has 78 valence electrons. The van der Waals surface area contributed by atoms with Gasteiger partial charge in [0.25, 0.3) is 0 Å². The maximum absolute atomic E-state index is 13.1. The quantitative estimate of drug-likeness (QED) is 0.566. The predicted octanol–water partition coefficient (Wildman–Crippen LogP) is 4.71. The zero-order valence-corrected chi connectivity index (χ0v) is 9.30. The van der Waals surface area contributed by atoms with Crippen LogP contribution in [0.1, 0.15) is 0 Å². The molecule has 0 amide bonds. The van der Waals surface area contributed by atoms with Crippen LogP contribution < -0.4 is 0 Å². The molecule has 2 aromatic carbocycles. The lowest BCUT2D eigenvalue weighted by Gasteiger charge is -1.95. The second-order valence-corrected chi connectivity index (χ2v) is 4.74. The lowest BCUT2D eigenvalue weighted by atomic mass is 10.1. The Hall–Kier alpha value is -1.67. The van der Waals surface area contributed by atoms with Gasteiger partial charge in [-0.1, -0.05) is 30.3 Å². The summed E-state index contributed by atoms with van der Waals surface area (Å²) in [5, 5.41) is 1.21. The minimum atomic E-state index is -0.185. The van der Waals surface area contributed by atoms with Crippen LogP contribution in [0.5, 0.6) is 0 Å². The first kappa shape index (κ1) is 9.55. The van der Waals surface area contributed by atoms with Crippen molar-refractivity contribution in [3.8, 4) is 10.4 Å². The second-order valence-electron chi connectivity index (χ2n) is 3.66. The van der Waals surface area contributed by atoms with Gasteiger partial charge >= 0.3 is 0 Å². The molecular weight excluding hydrogens is 219 g/mol. The van der Waals surface area contributed by atoms with Gasteiger partial charge in [-0.25, -0.2) is 4.39 Å². The fraction of sp³-hybridized carbons (Fsp3) is 0. The van der Waals surface area contributed by atoms with Gasteiger partial charge in [-0.2, -0.15) is 0 Å². The van der Waals surface area contributed by atoms with Crippen molar-refractivity contribution in [3.05, 3.63) is 60.4 Å². The number of thiophene rings is 1. The number of halogens is 1. The number of fused-ring (bicyclic) bond motifs is 1. The summed E-state index contributed by atoms with van der Waals surface area (Å²) in [6, 6.07) is 17.0. The molecule has 16 heavy (non-hydrogen) atoms. The Morgan fingerprint density at radius 2 is 1.75 bits per heavy atom. The highest BCUT2D eigenvalue weighted by molar-refractivity contribution is 7.22. The highest BCUT2D eigenvalue weighted by Crippen LogP contribution is 2.33. The molecule has 0 atom stereocenters. The fourth-order valence-corrected chi connectivity index (χ4v) is 2.82. The first-order chi connectivity index (χ1) is 7.83. The van der Waals surface area contributed by atoms with E-state index in [1.165, 1.54) is 16.2 Å². The SMILES string of the molecule is Fc1cccc(-c2cc3ccccc3s2)c1. The summed E-state index contributed by atoms with van der Waals surface area (Å²) < 4.78 is 14.4. The van der Waals surface area contributed by atoms with Gasteiger partial charge in [-0.15, -0.1) is 11.3 Å². The lowest BCUT2D eigenvalue weighted by Crippen LogP contribution is -1.74. The minimum absolute atomic E-state index is 0.185. The molecule has 0 saturated heterocycles. The van der Waals surface area contributed by atoms with Gasteiger partial charge in [0.2, 0.25) is 0 Å². The van der Waals surface area contributed by atoms with Crippen LogP contribution in [0.2, 0.25) is 0 Å². The number of hydrogen-bond acceptors (Lipinski definition) is 1. The minimum Gasteiger partial charge on any atom is -0.207 e. The molecule has 2 heteroatoms. The first-order valence-electron chi connectivity index (χ1n) is 5.07. The van der Waals surface area contributed by atoms with Gasteiger partial charge in [0.05, 0.1) is 0 Å². The topological polar surface area (TPSA) is 0 Å². The molecule has 0 radical (unpaired) electrons. The van der Waals surface area contributed by atoms with E-state index in [4.69, 9.17) is 0 Å². The maximum atomic E-state index is 13.1. The van der Waals surface area contributed by atoms with Crippen LogP contribution in [-0.4, -0.2) is 0 Å². The second kappa shape index (κ2) is 3.72. The molecule has 3 aromatic rings. The number of rotatable bonds is 1. The summed E-state index contributed by atoms with van der Waals surface area (Å²) >= 11 is 1.69. The summed E-state index contributed by atoms with van der Waals surface area (Å²) in [6.45, 7) is 0. The molecule has 0 aliphatic rings. The molecule has 0 saturated carbocycles. The van der Waals surface area contributed by atoms with Crippen molar-refractivity contribution in [1.29, 1.82) is 0 Å². The van der Waals surface area contributed by atoms with E-state index in [0.717, 1.165) is 10.4 Å².